The van der Waals surface area contributed by atoms with Crippen molar-refractivity contribution >= 4 is 5.69 Å². The van der Waals surface area contributed by atoms with Crippen LogP contribution < -0.4 is 10.5 Å². The molecule has 0 radical (unpaired) electrons. The lowest BCUT2D eigenvalue weighted by molar-refractivity contribution is 0.221. The molecule has 1 aromatic carbocycles. The Morgan fingerprint density at radius 2 is 2.31 bits per heavy atom. The molecule has 0 saturated heterocycles. The summed E-state index contributed by atoms with van der Waals surface area (Å²) in [5.41, 5.74) is 7.46. The number of aromatic nitrogens is 2. The monoisotopic (exact) mass is 217 g/mol. The van der Waals surface area contributed by atoms with Crippen LogP contribution in [0.15, 0.2) is 36.7 Å². The van der Waals surface area contributed by atoms with Crippen LogP contribution in [0.25, 0.3) is 0 Å². The van der Waals surface area contributed by atoms with E-state index in [-0.39, 0.29) is 0 Å². The summed E-state index contributed by atoms with van der Waals surface area (Å²) in [6, 6.07) is 8.04. The summed E-state index contributed by atoms with van der Waals surface area (Å²) in [6.07, 6.45) is 4.35. The maximum atomic E-state index is 5.59. The van der Waals surface area contributed by atoms with Gasteiger partial charge < -0.3 is 10.5 Å². The summed E-state index contributed by atoms with van der Waals surface area (Å²) < 4.78 is 7.25. The van der Waals surface area contributed by atoms with Crippen LogP contribution in [0.1, 0.15) is 12.5 Å². The molecule has 2 aromatic rings. The zero-order valence-corrected chi connectivity index (χ0v) is 9.26. The van der Waals surface area contributed by atoms with Crippen molar-refractivity contribution in [3.8, 4) is 5.75 Å². The molecule has 0 fully saturated rings. The summed E-state index contributed by atoms with van der Waals surface area (Å²) >= 11 is 0. The summed E-state index contributed by atoms with van der Waals surface area (Å²) in [6.45, 7) is 2.50. The Labute approximate surface area is 94.6 Å². The predicted molar refractivity (Wildman–Crippen MR) is 63.1 cm³/mol. The van der Waals surface area contributed by atoms with E-state index in [2.05, 4.69) is 18.1 Å². The van der Waals surface area contributed by atoms with Crippen molar-refractivity contribution in [2.45, 2.75) is 20.1 Å². The summed E-state index contributed by atoms with van der Waals surface area (Å²) in [7, 11) is 0. The molecule has 0 amide bonds. The minimum absolute atomic E-state index is 0.379. The first kappa shape index (κ1) is 10.5. The Balaban J connectivity index is 1.99. The van der Waals surface area contributed by atoms with E-state index in [1.165, 1.54) is 5.56 Å². The van der Waals surface area contributed by atoms with Gasteiger partial charge in [0, 0.05) is 0 Å². The van der Waals surface area contributed by atoms with Gasteiger partial charge in [-0.1, -0.05) is 19.1 Å². The van der Waals surface area contributed by atoms with Gasteiger partial charge in [-0.05, 0) is 24.1 Å². The van der Waals surface area contributed by atoms with E-state index in [9.17, 15) is 0 Å². The third-order valence-electron chi connectivity index (χ3n) is 2.32. The summed E-state index contributed by atoms with van der Waals surface area (Å²) in [5.74, 6) is 0.855. The van der Waals surface area contributed by atoms with Crippen LogP contribution in [0.5, 0.6) is 5.75 Å². The fourth-order valence-electron chi connectivity index (χ4n) is 1.45. The maximum Gasteiger partial charge on any atom is 0.180 e. The number of nitrogen functional groups attached to an aromatic ring is 1. The van der Waals surface area contributed by atoms with Gasteiger partial charge in [0.15, 0.2) is 6.73 Å². The van der Waals surface area contributed by atoms with Crippen molar-refractivity contribution in [1.82, 2.24) is 9.78 Å². The van der Waals surface area contributed by atoms with Crippen LogP contribution in [0, 0.1) is 0 Å². The normalized spacial score (nSPS) is 10.3. The molecule has 16 heavy (non-hydrogen) atoms. The van der Waals surface area contributed by atoms with Crippen molar-refractivity contribution in [3.05, 3.63) is 42.2 Å². The number of aryl methyl sites for hydroxylation is 1. The summed E-state index contributed by atoms with van der Waals surface area (Å²) in [5, 5.41) is 4.04. The molecule has 84 valence electrons. The van der Waals surface area contributed by atoms with Crippen LogP contribution in [0.4, 0.5) is 5.69 Å². The number of nitrogens with two attached hydrogens (primary N) is 1. The molecule has 0 bridgehead atoms. The minimum atomic E-state index is 0.379. The van der Waals surface area contributed by atoms with Crippen molar-refractivity contribution in [3.63, 3.8) is 0 Å². The Morgan fingerprint density at radius 1 is 1.44 bits per heavy atom. The quantitative estimate of drug-likeness (QED) is 0.852. The molecule has 0 aliphatic rings. The first-order chi connectivity index (χ1) is 7.78. The van der Waals surface area contributed by atoms with Gasteiger partial charge in [0.05, 0.1) is 18.1 Å². The zero-order chi connectivity index (χ0) is 11.4. The third-order valence-corrected chi connectivity index (χ3v) is 2.32. The molecule has 2 N–H and O–H groups in total. The van der Waals surface area contributed by atoms with Crippen molar-refractivity contribution in [2.24, 2.45) is 0 Å². The number of ether oxygens (including phenoxy) is 1. The van der Waals surface area contributed by atoms with Gasteiger partial charge in [-0.2, -0.15) is 5.10 Å². The Hall–Kier alpha value is -1.97. The number of nitrogens with zero attached hydrogens (tertiary/aromatic N) is 2. The molecule has 0 unspecified atom stereocenters. The average Bonchev–Trinajstić information content (AvgIpc) is 2.73. The average molecular weight is 217 g/mol. The Kier molecular flexibility index (Phi) is 3.10. The summed E-state index contributed by atoms with van der Waals surface area (Å²) in [4.78, 5) is 0. The third kappa shape index (κ3) is 2.53. The smallest absolute Gasteiger partial charge is 0.180 e. The highest BCUT2D eigenvalue weighted by molar-refractivity contribution is 5.30. The Bertz CT molecular complexity index is 465. The lowest BCUT2D eigenvalue weighted by Crippen LogP contribution is -2.05. The van der Waals surface area contributed by atoms with E-state index >= 15 is 0 Å². The second-order valence-electron chi connectivity index (χ2n) is 3.59. The first-order valence-electron chi connectivity index (χ1n) is 5.27. The second kappa shape index (κ2) is 4.70. The maximum absolute atomic E-state index is 5.59. The van der Waals surface area contributed by atoms with Gasteiger partial charge in [-0.25, -0.2) is 4.68 Å². The number of hydrogen-bond acceptors (Lipinski definition) is 3. The zero-order valence-electron chi connectivity index (χ0n) is 9.26. The first-order valence-corrected chi connectivity index (χ1v) is 5.27. The lowest BCUT2D eigenvalue weighted by Gasteiger charge is -2.07. The van der Waals surface area contributed by atoms with Gasteiger partial charge in [-0.15, -0.1) is 0 Å². The van der Waals surface area contributed by atoms with Crippen LogP contribution in [0.3, 0.4) is 0 Å². The number of hydrogen-bond donors (Lipinski definition) is 1. The second-order valence-corrected chi connectivity index (χ2v) is 3.59. The molecule has 0 aliphatic carbocycles. The van der Waals surface area contributed by atoms with E-state index < -0.39 is 0 Å². The number of benzene rings is 1. The molecular weight excluding hydrogens is 202 g/mol. The van der Waals surface area contributed by atoms with Crippen molar-refractivity contribution in [2.75, 3.05) is 5.73 Å². The standard InChI is InChI=1S/C12H15N3O/c1-2-10-4-3-5-12(6-10)16-9-15-8-11(13)7-14-15/h3-8H,2,9,13H2,1H3. The number of anilines is 1. The molecule has 1 heterocycles. The van der Waals surface area contributed by atoms with Gasteiger partial charge in [0.25, 0.3) is 0 Å². The minimum Gasteiger partial charge on any atom is -0.471 e. The van der Waals surface area contributed by atoms with Crippen LogP contribution in [0.2, 0.25) is 0 Å². The van der Waals surface area contributed by atoms with E-state index in [1.807, 2.05) is 18.2 Å². The molecule has 0 atom stereocenters. The van der Waals surface area contributed by atoms with E-state index in [4.69, 9.17) is 10.5 Å². The molecule has 4 nitrogen and oxygen atoms in total. The molecular formula is C12H15N3O. The van der Waals surface area contributed by atoms with Crippen molar-refractivity contribution < 1.29 is 4.74 Å². The molecule has 0 spiro atoms. The molecule has 0 aliphatic heterocycles. The molecule has 1 aromatic heterocycles. The highest BCUT2D eigenvalue weighted by Crippen LogP contribution is 2.14. The fraction of sp³-hybridized carbons (Fsp3) is 0.250. The van der Waals surface area contributed by atoms with Crippen LogP contribution in [-0.4, -0.2) is 9.78 Å². The van der Waals surface area contributed by atoms with Gasteiger partial charge in [-0.3, -0.25) is 0 Å². The fourth-order valence-corrected chi connectivity index (χ4v) is 1.45. The lowest BCUT2D eigenvalue weighted by atomic mass is 10.2. The molecule has 4 heteroatoms. The highest BCUT2D eigenvalue weighted by Gasteiger charge is 1.97. The van der Waals surface area contributed by atoms with Gasteiger partial charge in [0.1, 0.15) is 5.75 Å². The molecule has 0 saturated carbocycles. The van der Waals surface area contributed by atoms with Gasteiger partial charge >= 0.3 is 0 Å². The van der Waals surface area contributed by atoms with E-state index in [1.54, 1.807) is 17.1 Å². The predicted octanol–water partition coefficient (Wildman–Crippen LogP) is 2.06. The topological polar surface area (TPSA) is 53.1 Å². The molecule has 2 rings (SSSR count). The van der Waals surface area contributed by atoms with Gasteiger partial charge in [0.2, 0.25) is 0 Å². The Morgan fingerprint density at radius 3 is 3.00 bits per heavy atom. The highest BCUT2D eigenvalue weighted by atomic mass is 16.5. The largest absolute Gasteiger partial charge is 0.471 e. The SMILES string of the molecule is CCc1cccc(OCn2cc(N)cn2)c1. The van der Waals surface area contributed by atoms with E-state index in [0.717, 1.165) is 12.2 Å². The van der Waals surface area contributed by atoms with Crippen LogP contribution >= 0.6 is 0 Å². The van der Waals surface area contributed by atoms with Crippen LogP contribution in [-0.2, 0) is 13.2 Å². The van der Waals surface area contributed by atoms with Crippen molar-refractivity contribution in [1.29, 1.82) is 0 Å². The van der Waals surface area contributed by atoms with E-state index in [0.29, 0.717) is 12.4 Å². The number of rotatable bonds is 4.